The van der Waals surface area contributed by atoms with Gasteiger partial charge in [-0.3, -0.25) is 0 Å². The molecule has 148 valence electrons. The molecule has 0 bridgehead atoms. The van der Waals surface area contributed by atoms with Gasteiger partial charge in [-0.15, -0.1) is 0 Å². The molecule has 3 heterocycles. The fourth-order valence-corrected chi connectivity index (χ4v) is 3.76. The third-order valence-electron chi connectivity index (χ3n) is 6.38. The summed E-state index contributed by atoms with van der Waals surface area (Å²) in [6, 6.07) is 6.46. The van der Waals surface area contributed by atoms with Crippen LogP contribution in [0.25, 0.3) is 0 Å². The van der Waals surface area contributed by atoms with Crippen molar-refractivity contribution < 1.29 is 23.9 Å². The van der Waals surface area contributed by atoms with Crippen molar-refractivity contribution in [1.82, 2.24) is 0 Å². The lowest BCUT2D eigenvalue weighted by Gasteiger charge is -2.39. The van der Waals surface area contributed by atoms with Gasteiger partial charge in [0.2, 0.25) is 0 Å². The van der Waals surface area contributed by atoms with E-state index in [4.69, 9.17) is 18.8 Å². The van der Waals surface area contributed by atoms with Gasteiger partial charge in [0.25, 0.3) is 0 Å². The van der Waals surface area contributed by atoms with Crippen molar-refractivity contribution in [2.45, 2.75) is 57.5 Å². The SMILES string of the molecule is C[C@@H]1COCCN1c1cc(B2OC(C)(C)C(C)(C)O2)cc(C2(O)COC2)c1. The average molecular weight is 375 g/mol. The zero-order chi connectivity index (χ0) is 19.4. The summed E-state index contributed by atoms with van der Waals surface area (Å²) in [6.45, 7) is 13.2. The Bertz CT molecular complexity index is 702. The van der Waals surface area contributed by atoms with E-state index in [1.807, 2.05) is 6.07 Å². The highest BCUT2D eigenvalue weighted by molar-refractivity contribution is 6.62. The molecule has 27 heavy (non-hydrogen) atoms. The number of morpholine rings is 1. The predicted octanol–water partition coefficient (Wildman–Crippen LogP) is 1.43. The molecular formula is C20H30BNO5. The molecule has 0 amide bonds. The minimum atomic E-state index is -0.941. The highest BCUT2D eigenvalue weighted by atomic mass is 16.7. The predicted molar refractivity (Wildman–Crippen MR) is 105 cm³/mol. The molecule has 1 aromatic carbocycles. The van der Waals surface area contributed by atoms with E-state index in [1.165, 1.54) is 0 Å². The van der Waals surface area contributed by atoms with Gasteiger partial charge >= 0.3 is 7.12 Å². The lowest BCUT2D eigenvalue weighted by Crippen LogP contribution is -2.48. The maximum absolute atomic E-state index is 10.9. The van der Waals surface area contributed by atoms with E-state index < -0.39 is 23.9 Å². The Kier molecular flexibility index (Phi) is 4.60. The Balaban J connectivity index is 1.73. The van der Waals surface area contributed by atoms with Gasteiger partial charge in [-0.1, -0.05) is 6.07 Å². The molecule has 0 aliphatic carbocycles. The largest absolute Gasteiger partial charge is 0.494 e. The molecule has 4 rings (SSSR count). The maximum Gasteiger partial charge on any atom is 0.494 e. The average Bonchev–Trinajstić information content (AvgIpc) is 2.80. The Hall–Kier alpha value is -1.12. The first kappa shape index (κ1) is 19.2. The lowest BCUT2D eigenvalue weighted by molar-refractivity contribution is -0.184. The second-order valence-electron chi connectivity index (χ2n) is 9.04. The molecule has 1 aromatic rings. The molecule has 0 aromatic heterocycles. The third kappa shape index (κ3) is 3.30. The van der Waals surface area contributed by atoms with Gasteiger partial charge < -0.3 is 28.8 Å². The molecule has 0 spiro atoms. The molecule has 0 unspecified atom stereocenters. The van der Waals surface area contributed by atoms with Crippen LogP contribution in [0.5, 0.6) is 0 Å². The van der Waals surface area contributed by atoms with Crippen LogP contribution in [-0.2, 0) is 24.4 Å². The third-order valence-corrected chi connectivity index (χ3v) is 6.38. The van der Waals surface area contributed by atoms with Crippen LogP contribution in [0.2, 0.25) is 0 Å². The van der Waals surface area contributed by atoms with Crippen LogP contribution >= 0.6 is 0 Å². The monoisotopic (exact) mass is 375 g/mol. The molecular weight excluding hydrogens is 345 g/mol. The molecule has 7 heteroatoms. The summed E-state index contributed by atoms with van der Waals surface area (Å²) in [6.07, 6.45) is 0. The van der Waals surface area contributed by atoms with Gasteiger partial charge in [0.05, 0.1) is 37.6 Å². The molecule has 1 N–H and O–H groups in total. The number of aliphatic hydroxyl groups is 1. The maximum atomic E-state index is 10.9. The number of anilines is 1. The van der Waals surface area contributed by atoms with Crippen molar-refractivity contribution in [3.63, 3.8) is 0 Å². The van der Waals surface area contributed by atoms with Crippen molar-refractivity contribution in [2.24, 2.45) is 0 Å². The molecule has 3 fully saturated rings. The smallest absolute Gasteiger partial charge is 0.399 e. The van der Waals surface area contributed by atoms with Crippen LogP contribution < -0.4 is 10.4 Å². The first-order valence-corrected chi connectivity index (χ1v) is 9.77. The minimum absolute atomic E-state index is 0.271. The molecule has 0 saturated carbocycles. The molecule has 1 atom stereocenters. The standard InChI is InChI=1S/C20H30BNO5/c1-14-11-24-7-6-22(14)17-9-15(20(23)12-25-13-20)8-16(10-17)21-26-18(2,3)19(4,5)27-21/h8-10,14,23H,6-7,11-13H2,1-5H3/t14-/m1/s1. The van der Waals surface area contributed by atoms with Crippen LogP contribution in [0.3, 0.4) is 0 Å². The highest BCUT2D eigenvalue weighted by Crippen LogP contribution is 2.38. The van der Waals surface area contributed by atoms with E-state index in [2.05, 4.69) is 51.7 Å². The summed E-state index contributed by atoms with van der Waals surface area (Å²) in [7, 11) is -0.463. The van der Waals surface area contributed by atoms with E-state index in [-0.39, 0.29) is 6.04 Å². The van der Waals surface area contributed by atoms with E-state index in [1.54, 1.807) is 0 Å². The van der Waals surface area contributed by atoms with Crippen molar-refractivity contribution >= 4 is 18.3 Å². The number of hydrogen-bond acceptors (Lipinski definition) is 6. The molecule has 3 aliphatic rings. The van der Waals surface area contributed by atoms with Crippen LogP contribution in [0.4, 0.5) is 5.69 Å². The summed E-state index contributed by atoms with van der Waals surface area (Å²) in [5, 5.41) is 10.9. The van der Waals surface area contributed by atoms with Crippen LogP contribution in [-0.4, -0.2) is 62.4 Å². The second-order valence-corrected chi connectivity index (χ2v) is 9.04. The summed E-state index contributed by atoms with van der Waals surface area (Å²) in [5.41, 5.74) is 1.10. The second kappa shape index (κ2) is 6.46. The normalized spacial score (nSPS) is 28.9. The Morgan fingerprint density at radius 1 is 1.04 bits per heavy atom. The van der Waals surface area contributed by atoms with E-state index in [0.717, 1.165) is 23.3 Å². The van der Waals surface area contributed by atoms with Crippen LogP contribution in [0, 0.1) is 0 Å². The van der Waals surface area contributed by atoms with Crippen LogP contribution in [0.1, 0.15) is 40.2 Å². The Labute approximate surface area is 161 Å². The van der Waals surface area contributed by atoms with Gasteiger partial charge in [-0.25, -0.2) is 0 Å². The van der Waals surface area contributed by atoms with Crippen LogP contribution in [0.15, 0.2) is 18.2 Å². The number of benzene rings is 1. The molecule has 0 radical (unpaired) electrons. The number of hydrogen-bond donors (Lipinski definition) is 1. The van der Waals surface area contributed by atoms with E-state index in [9.17, 15) is 5.11 Å². The van der Waals surface area contributed by atoms with Gasteiger partial charge in [-0.2, -0.15) is 0 Å². The molecule has 3 saturated heterocycles. The van der Waals surface area contributed by atoms with Gasteiger partial charge in [0.15, 0.2) is 0 Å². The first-order valence-electron chi connectivity index (χ1n) is 9.77. The quantitative estimate of drug-likeness (QED) is 0.807. The number of ether oxygens (including phenoxy) is 2. The Morgan fingerprint density at radius 3 is 2.26 bits per heavy atom. The number of nitrogens with zero attached hydrogens (tertiary/aromatic N) is 1. The van der Waals surface area contributed by atoms with E-state index in [0.29, 0.717) is 26.4 Å². The number of rotatable bonds is 3. The van der Waals surface area contributed by atoms with Crippen molar-refractivity contribution in [3.8, 4) is 0 Å². The van der Waals surface area contributed by atoms with Gasteiger partial charge in [0, 0.05) is 18.3 Å². The summed E-state index contributed by atoms with van der Waals surface area (Å²) >= 11 is 0. The summed E-state index contributed by atoms with van der Waals surface area (Å²) in [5.74, 6) is 0. The zero-order valence-electron chi connectivity index (χ0n) is 16.9. The molecule has 3 aliphatic heterocycles. The fourth-order valence-electron chi connectivity index (χ4n) is 3.76. The minimum Gasteiger partial charge on any atom is -0.399 e. The summed E-state index contributed by atoms with van der Waals surface area (Å²) in [4.78, 5) is 2.32. The summed E-state index contributed by atoms with van der Waals surface area (Å²) < 4.78 is 23.4. The zero-order valence-corrected chi connectivity index (χ0v) is 16.9. The van der Waals surface area contributed by atoms with Crippen molar-refractivity contribution in [3.05, 3.63) is 23.8 Å². The first-order chi connectivity index (χ1) is 12.6. The highest BCUT2D eigenvalue weighted by Gasteiger charge is 2.52. The van der Waals surface area contributed by atoms with E-state index >= 15 is 0 Å². The van der Waals surface area contributed by atoms with Gasteiger partial charge in [-0.05, 0) is 57.8 Å². The lowest BCUT2D eigenvalue weighted by atomic mass is 9.76. The Morgan fingerprint density at radius 2 is 1.70 bits per heavy atom. The van der Waals surface area contributed by atoms with Crippen molar-refractivity contribution in [1.29, 1.82) is 0 Å². The topological polar surface area (TPSA) is 60.4 Å². The van der Waals surface area contributed by atoms with Gasteiger partial charge in [0.1, 0.15) is 5.60 Å². The fraction of sp³-hybridized carbons (Fsp3) is 0.700. The van der Waals surface area contributed by atoms with Crippen molar-refractivity contribution in [2.75, 3.05) is 37.9 Å². The molecule has 6 nitrogen and oxygen atoms in total.